The van der Waals surface area contributed by atoms with E-state index in [0.29, 0.717) is 22.4 Å². The molecule has 16 heavy (non-hydrogen) atoms. The van der Waals surface area contributed by atoms with Crippen molar-refractivity contribution in [1.82, 2.24) is 5.32 Å². The molecule has 1 fully saturated rings. The zero-order valence-electron chi connectivity index (χ0n) is 9.55. The Morgan fingerprint density at radius 1 is 1.25 bits per heavy atom. The molecule has 1 aromatic carbocycles. The normalized spacial score (nSPS) is 19.8. The molecule has 4 heteroatoms. The summed E-state index contributed by atoms with van der Waals surface area (Å²) < 4.78 is 10.5. The van der Waals surface area contributed by atoms with E-state index in [1.165, 1.54) is 5.56 Å². The summed E-state index contributed by atoms with van der Waals surface area (Å²) in [4.78, 5) is 0. The van der Waals surface area contributed by atoms with E-state index in [9.17, 15) is 0 Å². The number of ether oxygens (including phenoxy) is 2. The zero-order valence-corrected chi connectivity index (χ0v) is 10.3. The van der Waals surface area contributed by atoms with Crippen molar-refractivity contribution in [1.29, 1.82) is 0 Å². The van der Waals surface area contributed by atoms with Crippen LogP contribution in [0.3, 0.4) is 0 Å². The summed E-state index contributed by atoms with van der Waals surface area (Å²) in [6.45, 7) is 2.08. The van der Waals surface area contributed by atoms with Crippen LogP contribution in [0, 0.1) is 0 Å². The Kier molecular flexibility index (Phi) is 3.56. The largest absolute Gasteiger partial charge is 0.495 e. The van der Waals surface area contributed by atoms with Gasteiger partial charge in [0.25, 0.3) is 0 Å². The van der Waals surface area contributed by atoms with E-state index in [1.807, 2.05) is 12.1 Å². The first kappa shape index (κ1) is 11.6. The third-order valence-electron chi connectivity index (χ3n) is 3.00. The molecule has 0 aromatic heterocycles. The summed E-state index contributed by atoms with van der Waals surface area (Å²) in [5, 5.41) is 3.89. The summed E-state index contributed by atoms with van der Waals surface area (Å²) in [7, 11) is 3.24. The van der Waals surface area contributed by atoms with Gasteiger partial charge in [0.05, 0.1) is 14.2 Å². The van der Waals surface area contributed by atoms with Crippen molar-refractivity contribution in [2.75, 3.05) is 27.3 Å². The summed E-state index contributed by atoms with van der Waals surface area (Å²) in [6.07, 6.45) is 1.15. The minimum absolute atomic E-state index is 0.528. The number of hydrogen-bond donors (Lipinski definition) is 1. The fraction of sp³-hybridized carbons (Fsp3) is 0.500. The average molecular weight is 242 g/mol. The lowest BCUT2D eigenvalue weighted by molar-refractivity contribution is 0.393. The van der Waals surface area contributed by atoms with Crippen molar-refractivity contribution in [3.8, 4) is 11.5 Å². The molecule has 0 spiro atoms. The van der Waals surface area contributed by atoms with Crippen LogP contribution >= 0.6 is 11.6 Å². The maximum Gasteiger partial charge on any atom is 0.141 e. The van der Waals surface area contributed by atoms with Crippen molar-refractivity contribution in [2.45, 2.75) is 12.3 Å². The highest BCUT2D eigenvalue weighted by Crippen LogP contribution is 2.38. The average Bonchev–Trinajstić information content (AvgIpc) is 2.83. The molecule has 0 aliphatic carbocycles. The molecule has 1 aliphatic rings. The van der Waals surface area contributed by atoms with Gasteiger partial charge in [-0.3, -0.25) is 0 Å². The van der Waals surface area contributed by atoms with Gasteiger partial charge in [0, 0.05) is 6.54 Å². The van der Waals surface area contributed by atoms with Crippen LogP contribution in [0.25, 0.3) is 0 Å². The minimum atomic E-state index is 0.528. The van der Waals surface area contributed by atoms with E-state index in [1.54, 1.807) is 14.2 Å². The Bertz CT molecular complexity index is 350. The monoisotopic (exact) mass is 241 g/mol. The van der Waals surface area contributed by atoms with Gasteiger partial charge in [0.1, 0.15) is 16.5 Å². The lowest BCUT2D eigenvalue weighted by Crippen LogP contribution is -2.08. The number of hydrogen-bond acceptors (Lipinski definition) is 3. The number of rotatable bonds is 3. The molecule has 88 valence electrons. The molecule has 1 aromatic rings. The van der Waals surface area contributed by atoms with E-state index >= 15 is 0 Å². The Labute approximate surface area is 101 Å². The first-order valence-corrected chi connectivity index (χ1v) is 5.76. The topological polar surface area (TPSA) is 30.5 Å². The molecule has 1 aliphatic heterocycles. The third kappa shape index (κ3) is 2.11. The van der Waals surface area contributed by atoms with Crippen molar-refractivity contribution in [3.63, 3.8) is 0 Å². The van der Waals surface area contributed by atoms with Crippen LogP contribution in [0.15, 0.2) is 12.1 Å². The van der Waals surface area contributed by atoms with E-state index < -0.39 is 0 Å². The number of methoxy groups -OCH3 is 2. The van der Waals surface area contributed by atoms with Crippen LogP contribution in [-0.4, -0.2) is 27.3 Å². The number of benzene rings is 1. The molecule has 0 radical (unpaired) electrons. The van der Waals surface area contributed by atoms with Gasteiger partial charge in [-0.05, 0) is 36.6 Å². The predicted octanol–water partition coefficient (Wildman–Crippen LogP) is 2.43. The van der Waals surface area contributed by atoms with E-state index in [0.717, 1.165) is 19.5 Å². The third-order valence-corrected chi connectivity index (χ3v) is 3.37. The van der Waals surface area contributed by atoms with Crippen LogP contribution in [0.2, 0.25) is 5.02 Å². The molecule has 0 saturated carbocycles. The summed E-state index contributed by atoms with van der Waals surface area (Å²) in [5.74, 6) is 1.89. The minimum Gasteiger partial charge on any atom is -0.495 e. The van der Waals surface area contributed by atoms with Crippen LogP contribution < -0.4 is 14.8 Å². The second-order valence-corrected chi connectivity index (χ2v) is 4.31. The maximum absolute atomic E-state index is 6.12. The SMILES string of the molecule is COc1cc(C2CCNC2)cc(OC)c1Cl. The highest BCUT2D eigenvalue weighted by atomic mass is 35.5. The molecular formula is C12H16ClNO2. The zero-order chi connectivity index (χ0) is 11.5. The van der Waals surface area contributed by atoms with Gasteiger partial charge >= 0.3 is 0 Å². The quantitative estimate of drug-likeness (QED) is 0.882. The standard InChI is InChI=1S/C12H16ClNO2/c1-15-10-5-9(8-3-4-14-7-8)6-11(16-2)12(10)13/h5-6,8,14H,3-4,7H2,1-2H3. The second kappa shape index (κ2) is 4.93. The fourth-order valence-electron chi connectivity index (χ4n) is 2.06. The van der Waals surface area contributed by atoms with Crippen LogP contribution in [0.5, 0.6) is 11.5 Å². The van der Waals surface area contributed by atoms with Gasteiger partial charge in [-0.1, -0.05) is 11.6 Å². The lowest BCUT2D eigenvalue weighted by atomic mass is 9.98. The van der Waals surface area contributed by atoms with Gasteiger partial charge in [0.2, 0.25) is 0 Å². The Morgan fingerprint density at radius 3 is 2.31 bits per heavy atom. The van der Waals surface area contributed by atoms with Crippen molar-refractivity contribution in [2.24, 2.45) is 0 Å². The molecule has 1 N–H and O–H groups in total. The van der Waals surface area contributed by atoms with Gasteiger partial charge in [-0.2, -0.15) is 0 Å². The second-order valence-electron chi connectivity index (χ2n) is 3.93. The van der Waals surface area contributed by atoms with Gasteiger partial charge in [0.15, 0.2) is 0 Å². The van der Waals surface area contributed by atoms with Gasteiger partial charge < -0.3 is 14.8 Å². The van der Waals surface area contributed by atoms with Crippen LogP contribution in [-0.2, 0) is 0 Å². The molecule has 1 unspecified atom stereocenters. The summed E-state index contributed by atoms with van der Waals surface area (Å²) in [6, 6.07) is 4.00. The first-order chi connectivity index (χ1) is 7.76. The Balaban J connectivity index is 2.37. The van der Waals surface area contributed by atoms with E-state index in [-0.39, 0.29) is 0 Å². The Hall–Kier alpha value is -0.930. The molecule has 0 amide bonds. The highest BCUT2D eigenvalue weighted by molar-refractivity contribution is 6.33. The predicted molar refractivity (Wildman–Crippen MR) is 64.8 cm³/mol. The van der Waals surface area contributed by atoms with Crippen molar-refractivity contribution in [3.05, 3.63) is 22.7 Å². The molecule has 1 saturated heterocycles. The molecular weight excluding hydrogens is 226 g/mol. The van der Waals surface area contributed by atoms with Crippen LogP contribution in [0.1, 0.15) is 17.9 Å². The molecule has 2 rings (SSSR count). The highest BCUT2D eigenvalue weighted by Gasteiger charge is 2.20. The number of halogens is 1. The first-order valence-electron chi connectivity index (χ1n) is 5.38. The molecule has 1 heterocycles. The summed E-state index contributed by atoms with van der Waals surface area (Å²) in [5.41, 5.74) is 1.23. The molecule has 3 nitrogen and oxygen atoms in total. The van der Waals surface area contributed by atoms with E-state index in [4.69, 9.17) is 21.1 Å². The van der Waals surface area contributed by atoms with Gasteiger partial charge in [-0.25, -0.2) is 0 Å². The smallest absolute Gasteiger partial charge is 0.141 e. The van der Waals surface area contributed by atoms with Gasteiger partial charge in [-0.15, -0.1) is 0 Å². The lowest BCUT2D eigenvalue weighted by Gasteiger charge is -2.14. The summed E-state index contributed by atoms with van der Waals surface area (Å²) >= 11 is 6.12. The maximum atomic E-state index is 6.12. The molecule has 0 bridgehead atoms. The van der Waals surface area contributed by atoms with Crippen molar-refractivity contribution < 1.29 is 9.47 Å². The Morgan fingerprint density at radius 2 is 1.88 bits per heavy atom. The van der Waals surface area contributed by atoms with Crippen LogP contribution in [0.4, 0.5) is 0 Å². The number of nitrogens with one attached hydrogen (secondary N) is 1. The van der Waals surface area contributed by atoms with Crippen molar-refractivity contribution >= 4 is 11.6 Å². The fourth-order valence-corrected chi connectivity index (χ4v) is 2.33. The molecule has 1 atom stereocenters. The van der Waals surface area contributed by atoms with E-state index in [2.05, 4.69) is 5.32 Å².